The van der Waals surface area contributed by atoms with Gasteiger partial charge in [0.05, 0.1) is 0 Å². The van der Waals surface area contributed by atoms with Crippen LogP contribution < -0.4 is 16.2 Å². The smallest absolute Gasteiger partial charge is 0.242 e. The molecule has 0 unspecified atom stereocenters. The molecule has 20 heavy (non-hydrogen) atoms. The van der Waals surface area contributed by atoms with Gasteiger partial charge in [-0.2, -0.15) is 15.0 Å². The van der Waals surface area contributed by atoms with Crippen LogP contribution in [0.4, 0.5) is 11.9 Å². The number of thiazole rings is 1. The summed E-state index contributed by atoms with van der Waals surface area (Å²) in [6, 6.07) is 0. The average molecular weight is 309 g/mol. The highest BCUT2D eigenvalue weighted by atomic mass is 32.2. The highest BCUT2D eigenvalue weighted by Gasteiger charge is 2.16. The summed E-state index contributed by atoms with van der Waals surface area (Å²) in [6.45, 7) is 1.96. The molecular formula is C11H15N7S2. The van der Waals surface area contributed by atoms with Gasteiger partial charge in [0.15, 0.2) is 4.34 Å². The van der Waals surface area contributed by atoms with Crippen LogP contribution in [0.2, 0.25) is 0 Å². The van der Waals surface area contributed by atoms with Crippen molar-refractivity contribution < 1.29 is 0 Å². The van der Waals surface area contributed by atoms with E-state index in [9.17, 15) is 0 Å². The fraction of sp³-hybridized carbons (Fsp3) is 0.455. The molecule has 0 spiro atoms. The summed E-state index contributed by atoms with van der Waals surface area (Å²) in [4.78, 5) is 19.5. The van der Waals surface area contributed by atoms with E-state index in [-0.39, 0.29) is 0 Å². The third-order valence-corrected chi connectivity index (χ3v) is 4.71. The zero-order valence-corrected chi connectivity index (χ0v) is 12.5. The maximum Gasteiger partial charge on any atom is 0.242 e. The standard InChI is InChI=1S/C11H15N7S2/c12-17-8-14-9(18-5-2-1-3-6-18)16-10(15-8)20-11-13-4-7-19-11/h4,7H,1-3,5-6,12H2,(H,14,15,16,17). The quantitative estimate of drug-likeness (QED) is 0.652. The summed E-state index contributed by atoms with van der Waals surface area (Å²) in [5.74, 6) is 6.52. The van der Waals surface area contributed by atoms with Crippen molar-refractivity contribution in [1.29, 1.82) is 0 Å². The monoisotopic (exact) mass is 309 g/mol. The highest BCUT2D eigenvalue weighted by Crippen LogP contribution is 2.28. The first-order chi connectivity index (χ1) is 9.85. The molecule has 3 rings (SSSR count). The van der Waals surface area contributed by atoms with Gasteiger partial charge in [0, 0.05) is 24.7 Å². The van der Waals surface area contributed by atoms with Crippen molar-refractivity contribution in [1.82, 2.24) is 19.9 Å². The van der Waals surface area contributed by atoms with E-state index in [4.69, 9.17) is 5.84 Å². The Kier molecular flexibility index (Phi) is 4.28. The van der Waals surface area contributed by atoms with Gasteiger partial charge >= 0.3 is 0 Å². The number of nitrogen functional groups attached to an aromatic ring is 1. The molecular weight excluding hydrogens is 294 g/mol. The summed E-state index contributed by atoms with van der Waals surface area (Å²) in [6.07, 6.45) is 5.38. The minimum atomic E-state index is 0.389. The molecule has 0 radical (unpaired) electrons. The van der Waals surface area contributed by atoms with E-state index in [0.717, 1.165) is 17.4 Å². The van der Waals surface area contributed by atoms with Crippen LogP contribution in [-0.2, 0) is 0 Å². The van der Waals surface area contributed by atoms with Crippen LogP contribution in [-0.4, -0.2) is 33.0 Å². The normalized spacial score (nSPS) is 15.3. The number of hydrogen-bond acceptors (Lipinski definition) is 9. The van der Waals surface area contributed by atoms with Gasteiger partial charge in [-0.15, -0.1) is 11.3 Å². The molecule has 1 fully saturated rings. The van der Waals surface area contributed by atoms with Crippen molar-refractivity contribution in [3.63, 3.8) is 0 Å². The van der Waals surface area contributed by atoms with Crippen molar-refractivity contribution in [2.75, 3.05) is 23.4 Å². The summed E-state index contributed by atoms with van der Waals surface area (Å²) >= 11 is 2.98. The van der Waals surface area contributed by atoms with E-state index >= 15 is 0 Å². The number of nitrogens with zero attached hydrogens (tertiary/aromatic N) is 5. The van der Waals surface area contributed by atoms with Crippen LogP contribution >= 0.6 is 23.1 Å². The molecule has 1 aliphatic heterocycles. The minimum absolute atomic E-state index is 0.389. The largest absolute Gasteiger partial charge is 0.341 e. The number of rotatable bonds is 4. The number of aromatic nitrogens is 4. The van der Waals surface area contributed by atoms with Crippen molar-refractivity contribution in [3.05, 3.63) is 11.6 Å². The predicted octanol–water partition coefficient (Wildman–Crippen LogP) is 1.76. The Morgan fingerprint density at radius 1 is 1.20 bits per heavy atom. The SMILES string of the molecule is NNc1nc(Sc2nccs2)nc(N2CCCCC2)n1. The van der Waals surface area contributed by atoms with Gasteiger partial charge in [0.1, 0.15) is 0 Å². The van der Waals surface area contributed by atoms with Gasteiger partial charge in [-0.05, 0) is 31.0 Å². The van der Waals surface area contributed by atoms with Crippen molar-refractivity contribution in [2.24, 2.45) is 5.84 Å². The van der Waals surface area contributed by atoms with Crippen molar-refractivity contribution >= 4 is 35.0 Å². The third-order valence-electron chi connectivity index (χ3n) is 2.96. The second-order valence-electron chi connectivity index (χ2n) is 4.33. The summed E-state index contributed by atoms with van der Waals surface area (Å²) in [7, 11) is 0. The lowest BCUT2D eigenvalue weighted by Crippen LogP contribution is -2.31. The molecule has 3 N–H and O–H groups in total. The summed E-state index contributed by atoms with van der Waals surface area (Å²) < 4.78 is 0.906. The van der Waals surface area contributed by atoms with Crippen LogP contribution in [0, 0.1) is 0 Å². The minimum Gasteiger partial charge on any atom is -0.341 e. The Labute approximate surface area is 125 Å². The number of anilines is 2. The van der Waals surface area contributed by atoms with E-state index in [1.54, 1.807) is 17.5 Å². The topological polar surface area (TPSA) is 92.8 Å². The van der Waals surface area contributed by atoms with Crippen LogP contribution in [0.1, 0.15) is 19.3 Å². The number of hydrazine groups is 1. The second-order valence-corrected chi connectivity index (χ2v) is 6.44. The maximum absolute atomic E-state index is 5.45. The first-order valence-corrected chi connectivity index (χ1v) is 8.10. The lowest BCUT2D eigenvalue weighted by Gasteiger charge is -2.26. The Balaban J connectivity index is 1.85. The molecule has 1 aliphatic rings. The second kappa shape index (κ2) is 6.33. The summed E-state index contributed by atoms with van der Waals surface area (Å²) in [5, 5.41) is 2.54. The molecule has 0 saturated carbocycles. The Morgan fingerprint density at radius 3 is 2.75 bits per heavy atom. The van der Waals surface area contributed by atoms with E-state index in [1.807, 2.05) is 5.38 Å². The Bertz CT molecular complexity index is 554. The first kappa shape index (κ1) is 13.5. The molecule has 3 heterocycles. The highest BCUT2D eigenvalue weighted by molar-refractivity contribution is 8.00. The van der Waals surface area contributed by atoms with E-state index in [2.05, 4.69) is 30.3 Å². The van der Waals surface area contributed by atoms with Gasteiger partial charge in [-0.3, -0.25) is 5.43 Å². The molecule has 9 heteroatoms. The van der Waals surface area contributed by atoms with Crippen molar-refractivity contribution in [3.8, 4) is 0 Å². The molecule has 0 atom stereocenters. The zero-order chi connectivity index (χ0) is 13.8. The van der Waals surface area contributed by atoms with Gasteiger partial charge in [0.25, 0.3) is 0 Å². The fourth-order valence-electron chi connectivity index (χ4n) is 2.03. The molecule has 2 aromatic rings. The van der Waals surface area contributed by atoms with Crippen LogP contribution in [0.3, 0.4) is 0 Å². The van der Waals surface area contributed by atoms with Gasteiger partial charge < -0.3 is 4.90 Å². The Morgan fingerprint density at radius 2 is 2.05 bits per heavy atom. The number of piperidine rings is 1. The Hall–Kier alpha value is -1.45. The number of nitrogens with one attached hydrogen (secondary N) is 1. The zero-order valence-electron chi connectivity index (χ0n) is 10.8. The molecule has 2 aromatic heterocycles. The molecule has 0 bridgehead atoms. The molecule has 106 valence electrons. The number of nitrogens with two attached hydrogens (primary N) is 1. The van der Waals surface area contributed by atoms with Gasteiger partial charge in [0.2, 0.25) is 17.1 Å². The van der Waals surface area contributed by atoms with E-state index < -0.39 is 0 Å². The molecule has 0 amide bonds. The average Bonchev–Trinajstić information content (AvgIpc) is 3.00. The van der Waals surface area contributed by atoms with Crippen LogP contribution in [0.15, 0.2) is 21.1 Å². The maximum atomic E-state index is 5.45. The first-order valence-electron chi connectivity index (χ1n) is 6.40. The summed E-state index contributed by atoms with van der Waals surface area (Å²) in [5.41, 5.74) is 2.51. The fourth-order valence-corrected chi connectivity index (χ4v) is 3.50. The lowest BCUT2D eigenvalue weighted by atomic mass is 10.1. The molecule has 7 nitrogen and oxygen atoms in total. The van der Waals surface area contributed by atoms with Crippen molar-refractivity contribution in [2.45, 2.75) is 28.8 Å². The van der Waals surface area contributed by atoms with Crippen LogP contribution in [0.5, 0.6) is 0 Å². The van der Waals surface area contributed by atoms with Gasteiger partial charge in [-0.25, -0.2) is 10.8 Å². The van der Waals surface area contributed by atoms with Crippen LogP contribution in [0.25, 0.3) is 0 Å². The third kappa shape index (κ3) is 3.17. The van der Waals surface area contributed by atoms with E-state index in [0.29, 0.717) is 17.1 Å². The number of hydrogen-bond donors (Lipinski definition) is 2. The molecule has 1 saturated heterocycles. The lowest BCUT2D eigenvalue weighted by molar-refractivity contribution is 0.565. The molecule has 0 aliphatic carbocycles. The van der Waals surface area contributed by atoms with E-state index in [1.165, 1.54) is 31.0 Å². The predicted molar refractivity (Wildman–Crippen MR) is 79.9 cm³/mol. The van der Waals surface area contributed by atoms with Gasteiger partial charge in [-0.1, -0.05) is 0 Å². The molecule has 0 aromatic carbocycles.